The first-order chi connectivity index (χ1) is 14.8. The lowest BCUT2D eigenvalue weighted by atomic mass is 10.3. The van der Waals surface area contributed by atoms with Crippen molar-refractivity contribution in [3.63, 3.8) is 0 Å². The molecule has 0 amide bonds. The summed E-state index contributed by atoms with van der Waals surface area (Å²) in [5, 5.41) is 18.1. The van der Waals surface area contributed by atoms with Gasteiger partial charge in [0, 0.05) is 37.2 Å². The second-order valence-electron chi connectivity index (χ2n) is 7.63. The SMILES string of the molecule is CCc1cc(CNc2nc(Nc3cc(C4CC4)n[nH]3)cc(N3CCOCC3)n2)on1. The van der Waals surface area contributed by atoms with Gasteiger partial charge in [-0.1, -0.05) is 12.1 Å². The Morgan fingerprint density at radius 1 is 1.17 bits per heavy atom. The lowest BCUT2D eigenvalue weighted by Gasteiger charge is -2.28. The fourth-order valence-electron chi connectivity index (χ4n) is 3.43. The molecular formula is C20H26N8O2. The van der Waals surface area contributed by atoms with Crippen LogP contribution in [0.25, 0.3) is 0 Å². The van der Waals surface area contributed by atoms with E-state index in [-0.39, 0.29) is 0 Å². The quantitative estimate of drug-likeness (QED) is 0.515. The molecule has 3 aromatic rings. The predicted octanol–water partition coefficient (Wildman–Crippen LogP) is 2.82. The van der Waals surface area contributed by atoms with Crippen LogP contribution in [0, 0.1) is 0 Å². The van der Waals surface area contributed by atoms with E-state index in [4.69, 9.17) is 14.2 Å². The Kier molecular flexibility index (Phi) is 5.22. The van der Waals surface area contributed by atoms with E-state index in [1.54, 1.807) is 0 Å². The van der Waals surface area contributed by atoms with E-state index >= 15 is 0 Å². The highest BCUT2D eigenvalue weighted by atomic mass is 16.5. The van der Waals surface area contributed by atoms with Gasteiger partial charge in [0.2, 0.25) is 5.95 Å². The van der Waals surface area contributed by atoms with Crippen molar-refractivity contribution < 1.29 is 9.26 Å². The molecule has 0 spiro atoms. The van der Waals surface area contributed by atoms with Gasteiger partial charge in [-0.2, -0.15) is 15.1 Å². The van der Waals surface area contributed by atoms with Gasteiger partial charge in [0.05, 0.1) is 31.1 Å². The zero-order valence-electron chi connectivity index (χ0n) is 17.0. The summed E-state index contributed by atoms with van der Waals surface area (Å²) in [4.78, 5) is 11.5. The fourth-order valence-corrected chi connectivity index (χ4v) is 3.43. The minimum Gasteiger partial charge on any atom is -0.378 e. The molecule has 1 saturated carbocycles. The average Bonchev–Trinajstić information content (AvgIpc) is 3.35. The number of hydrogen-bond donors (Lipinski definition) is 3. The average molecular weight is 410 g/mol. The number of nitrogens with zero attached hydrogens (tertiary/aromatic N) is 5. The van der Waals surface area contributed by atoms with Crippen molar-refractivity contribution in [3.05, 3.63) is 35.3 Å². The Hall–Kier alpha value is -3.14. The molecule has 1 aliphatic carbocycles. The van der Waals surface area contributed by atoms with Gasteiger partial charge in [0.1, 0.15) is 17.5 Å². The van der Waals surface area contributed by atoms with Gasteiger partial charge < -0.3 is 24.8 Å². The molecule has 3 N–H and O–H groups in total. The van der Waals surface area contributed by atoms with Crippen molar-refractivity contribution >= 4 is 23.4 Å². The Morgan fingerprint density at radius 3 is 2.80 bits per heavy atom. The molecule has 5 rings (SSSR count). The third-order valence-electron chi connectivity index (χ3n) is 5.29. The van der Waals surface area contributed by atoms with Crippen LogP contribution in [0.15, 0.2) is 22.7 Å². The number of morpholine rings is 1. The zero-order valence-corrected chi connectivity index (χ0v) is 17.0. The fraction of sp³-hybridized carbons (Fsp3) is 0.500. The summed E-state index contributed by atoms with van der Waals surface area (Å²) in [6.07, 6.45) is 3.27. The van der Waals surface area contributed by atoms with E-state index in [1.165, 1.54) is 12.8 Å². The number of H-pyrrole nitrogens is 1. The van der Waals surface area contributed by atoms with Gasteiger partial charge in [-0.3, -0.25) is 5.10 Å². The Labute approximate surface area is 174 Å². The molecule has 10 nitrogen and oxygen atoms in total. The van der Waals surface area contributed by atoms with Crippen LogP contribution in [0.4, 0.5) is 23.4 Å². The van der Waals surface area contributed by atoms with Crippen molar-refractivity contribution in [2.75, 3.05) is 41.8 Å². The molecule has 1 aliphatic heterocycles. The first kappa shape index (κ1) is 18.9. The lowest BCUT2D eigenvalue weighted by molar-refractivity contribution is 0.122. The summed E-state index contributed by atoms with van der Waals surface area (Å²) >= 11 is 0. The second-order valence-corrected chi connectivity index (χ2v) is 7.63. The van der Waals surface area contributed by atoms with Gasteiger partial charge >= 0.3 is 0 Å². The van der Waals surface area contributed by atoms with E-state index in [2.05, 4.69) is 41.9 Å². The van der Waals surface area contributed by atoms with Crippen LogP contribution in [0.2, 0.25) is 0 Å². The summed E-state index contributed by atoms with van der Waals surface area (Å²) in [5.74, 6) is 4.26. The van der Waals surface area contributed by atoms with Gasteiger partial charge in [0.25, 0.3) is 0 Å². The maximum Gasteiger partial charge on any atom is 0.227 e. The number of aryl methyl sites for hydroxylation is 1. The van der Waals surface area contributed by atoms with Crippen LogP contribution in [0.1, 0.15) is 42.8 Å². The largest absolute Gasteiger partial charge is 0.378 e. The molecule has 30 heavy (non-hydrogen) atoms. The predicted molar refractivity (Wildman–Crippen MR) is 112 cm³/mol. The van der Waals surface area contributed by atoms with Gasteiger partial charge in [-0.15, -0.1) is 0 Å². The van der Waals surface area contributed by atoms with Crippen molar-refractivity contribution in [1.82, 2.24) is 25.3 Å². The summed E-state index contributed by atoms with van der Waals surface area (Å²) < 4.78 is 10.8. The first-order valence-corrected chi connectivity index (χ1v) is 10.5. The third-order valence-corrected chi connectivity index (χ3v) is 5.29. The summed E-state index contributed by atoms with van der Waals surface area (Å²) in [5.41, 5.74) is 2.04. The summed E-state index contributed by atoms with van der Waals surface area (Å²) in [7, 11) is 0. The molecule has 0 aromatic carbocycles. The molecule has 0 bridgehead atoms. The molecule has 3 aromatic heterocycles. The number of hydrogen-bond acceptors (Lipinski definition) is 9. The van der Waals surface area contributed by atoms with E-state index in [0.717, 1.165) is 48.3 Å². The Balaban J connectivity index is 1.35. The normalized spacial score (nSPS) is 16.6. The van der Waals surface area contributed by atoms with Crippen molar-refractivity contribution in [2.45, 2.75) is 38.6 Å². The van der Waals surface area contributed by atoms with Gasteiger partial charge in [-0.05, 0) is 19.3 Å². The number of aromatic nitrogens is 5. The van der Waals surface area contributed by atoms with Crippen molar-refractivity contribution in [3.8, 4) is 0 Å². The first-order valence-electron chi connectivity index (χ1n) is 10.5. The second kappa shape index (κ2) is 8.31. The number of nitrogens with one attached hydrogen (secondary N) is 3. The van der Waals surface area contributed by atoms with Crippen molar-refractivity contribution in [2.24, 2.45) is 0 Å². The van der Waals surface area contributed by atoms with Crippen LogP contribution in [0.3, 0.4) is 0 Å². The zero-order chi connectivity index (χ0) is 20.3. The molecule has 4 heterocycles. The lowest BCUT2D eigenvalue weighted by Crippen LogP contribution is -2.37. The third kappa shape index (κ3) is 4.38. The number of ether oxygens (including phenoxy) is 1. The maximum atomic E-state index is 5.48. The Bertz CT molecular complexity index is 990. The summed E-state index contributed by atoms with van der Waals surface area (Å²) in [6.45, 7) is 5.50. The highest BCUT2D eigenvalue weighted by molar-refractivity contribution is 5.60. The van der Waals surface area contributed by atoms with E-state index < -0.39 is 0 Å². The number of rotatable bonds is 8. The Morgan fingerprint density at radius 2 is 2.03 bits per heavy atom. The minimum atomic E-state index is 0.467. The van der Waals surface area contributed by atoms with Crippen LogP contribution < -0.4 is 15.5 Å². The smallest absolute Gasteiger partial charge is 0.227 e. The monoisotopic (exact) mass is 410 g/mol. The molecule has 2 fully saturated rings. The minimum absolute atomic E-state index is 0.467. The van der Waals surface area contributed by atoms with Crippen LogP contribution in [-0.2, 0) is 17.7 Å². The highest BCUT2D eigenvalue weighted by Gasteiger charge is 2.26. The van der Waals surface area contributed by atoms with Gasteiger partial charge in [-0.25, -0.2) is 0 Å². The molecule has 0 atom stereocenters. The summed E-state index contributed by atoms with van der Waals surface area (Å²) in [6, 6.07) is 5.96. The molecule has 0 radical (unpaired) electrons. The topological polar surface area (TPSA) is 117 Å². The maximum absolute atomic E-state index is 5.48. The molecule has 10 heteroatoms. The molecule has 0 unspecified atom stereocenters. The molecular weight excluding hydrogens is 384 g/mol. The molecule has 2 aliphatic rings. The van der Waals surface area contributed by atoms with Crippen molar-refractivity contribution in [1.29, 1.82) is 0 Å². The number of aromatic amines is 1. The van der Waals surface area contributed by atoms with Crippen LogP contribution in [0.5, 0.6) is 0 Å². The van der Waals surface area contributed by atoms with Gasteiger partial charge in [0.15, 0.2) is 5.76 Å². The van der Waals surface area contributed by atoms with E-state index in [9.17, 15) is 0 Å². The standard InChI is InChI=1S/C20H26N8O2/c1-2-14-9-15(30-27-14)12-21-20-23-17(11-19(24-20)28-5-7-29-8-6-28)22-18-10-16(25-26-18)13-3-4-13/h9-11,13H,2-8,12H2,1H3,(H3,21,22,23,24,25,26). The highest BCUT2D eigenvalue weighted by Crippen LogP contribution is 2.39. The van der Waals surface area contributed by atoms with E-state index in [0.29, 0.717) is 37.4 Å². The van der Waals surface area contributed by atoms with Crippen LogP contribution >= 0.6 is 0 Å². The number of anilines is 4. The van der Waals surface area contributed by atoms with Crippen LogP contribution in [-0.4, -0.2) is 51.6 Å². The molecule has 1 saturated heterocycles. The van der Waals surface area contributed by atoms with E-state index in [1.807, 2.05) is 19.1 Å². The molecule has 158 valence electrons.